The topological polar surface area (TPSA) is 133 Å². The van der Waals surface area contributed by atoms with Gasteiger partial charge in [-0.3, -0.25) is 9.59 Å². The summed E-state index contributed by atoms with van der Waals surface area (Å²) in [7, 11) is 0. The molecule has 0 spiro atoms. The molecular weight excluding hydrogens is 418 g/mol. The molecule has 8 heteroatoms. The number of imidazole rings is 1. The number of aromatic amines is 1. The summed E-state index contributed by atoms with van der Waals surface area (Å²) >= 11 is 0. The fourth-order valence-corrected chi connectivity index (χ4v) is 3.95. The number of H-pyrrole nitrogens is 1. The summed E-state index contributed by atoms with van der Waals surface area (Å²) < 4.78 is 0. The molecule has 3 aromatic rings. The van der Waals surface area contributed by atoms with Crippen LogP contribution in [0.5, 0.6) is 0 Å². The Kier molecular flexibility index (Phi) is 8.57. The summed E-state index contributed by atoms with van der Waals surface area (Å²) in [6.07, 6.45) is 4.35. The SMILES string of the molecule is CC(C)C[C@@H](CO)NC(=O)[C@H](Cc1cnc[nH]1)NC(=O)[C@H](N)Cc1cccc2ccccc12. The van der Waals surface area contributed by atoms with Gasteiger partial charge >= 0.3 is 0 Å². The van der Waals surface area contributed by atoms with Crippen molar-refractivity contribution in [1.29, 1.82) is 0 Å². The number of aromatic nitrogens is 2. The number of hydrogen-bond acceptors (Lipinski definition) is 5. The van der Waals surface area contributed by atoms with Crippen LogP contribution in [0.25, 0.3) is 10.8 Å². The van der Waals surface area contributed by atoms with Gasteiger partial charge in [-0.1, -0.05) is 56.3 Å². The zero-order valence-electron chi connectivity index (χ0n) is 19.1. The average molecular weight is 452 g/mol. The van der Waals surface area contributed by atoms with E-state index in [1.165, 1.54) is 6.33 Å². The van der Waals surface area contributed by atoms with Crippen molar-refractivity contribution in [3.05, 3.63) is 66.2 Å². The van der Waals surface area contributed by atoms with E-state index in [1.54, 1.807) is 6.20 Å². The maximum absolute atomic E-state index is 13.0. The zero-order chi connectivity index (χ0) is 23.8. The quantitative estimate of drug-likeness (QED) is 0.303. The second-order valence-corrected chi connectivity index (χ2v) is 8.81. The van der Waals surface area contributed by atoms with Gasteiger partial charge in [-0.25, -0.2) is 4.98 Å². The van der Waals surface area contributed by atoms with Crippen LogP contribution in [0.15, 0.2) is 55.0 Å². The van der Waals surface area contributed by atoms with E-state index in [2.05, 4.69) is 20.6 Å². The fraction of sp³-hybridized carbons (Fsp3) is 0.400. The molecule has 1 aromatic heterocycles. The highest BCUT2D eigenvalue weighted by Crippen LogP contribution is 2.19. The molecule has 2 amide bonds. The molecule has 2 aromatic carbocycles. The Labute approximate surface area is 194 Å². The number of carbonyl (C=O) groups is 2. The number of rotatable bonds is 11. The normalized spacial score (nSPS) is 14.1. The molecule has 8 nitrogen and oxygen atoms in total. The molecular formula is C25H33N5O3. The number of hydrogen-bond donors (Lipinski definition) is 5. The van der Waals surface area contributed by atoms with Gasteiger partial charge in [0.15, 0.2) is 0 Å². The second kappa shape index (κ2) is 11.6. The molecule has 6 N–H and O–H groups in total. The number of nitrogens with one attached hydrogen (secondary N) is 3. The Morgan fingerprint density at radius 2 is 1.82 bits per heavy atom. The monoisotopic (exact) mass is 451 g/mol. The molecule has 0 aliphatic rings. The van der Waals surface area contributed by atoms with Crippen LogP contribution >= 0.6 is 0 Å². The molecule has 0 aliphatic carbocycles. The lowest BCUT2D eigenvalue weighted by Gasteiger charge is -2.24. The van der Waals surface area contributed by atoms with Crippen molar-refractivity contribution >= 4 is 22.6 Å². The molecule has 0 unspecified atom stereocenters. The molecule has 0 fully saturated rings. The fourth-order valence-electron chi connectivity index (χ4n) is 3.95. The molecule has 0 bridgehead atoms. The maximum atomic E-state index is 13.0. The van der Waals surface area contributed by atoms with Crippen molar-refractivity contribution in [2.75, 3.05) is 6.61 Å². The zero-order valence-corrected chi connectivity index (χ0v) is 19.1. The molecule has 176 valence electrons. The summed E-state index contributed by atoms with van der Waals surface area (Å²) in [6.45, 7) is 3.87. The standard InChI is InChI=1S/C25H33N5O3/c1-16(2)10-20(14-31)29-25(33)23(12-19-13-27-15-28-19)30-24(32)22(26)11-18-8-5-7-17-6-3-4-9-21(17)18/h3-9,13,15-16,20,22-23,31H,10-12,14,26H2,1-2H3,(H,27,28)(H,29,33)(H,30,32)/t20-,22+,23-/m0/s1. The second-order valence-electron chi connectivity index (χ2n) is 8.81. The van der Waals surface area contributed by atoms with Crippen molar-refractivity contribution in [1.82, 2.24) is 20.6 Å². The Bertz CT molecular complexity index is 1050. The van der Waals surface area contributed by atoms with Crippen molar-refractivity contribution in [2.45, 2.75) is 51.2 Å². The van der Waals surface area contributed by atoms with E-state index in [0.29, 0.717) is 24.5 Å². The van der Waals surface area contributed by atoms with Crippen LogP contribution in [0.3, 0.4) is 0 Å². The average Bonchev–Trinajstić information content (AvgIpc) is 3.31. The third-order valence-corrected chi connectivity index (χ3v) is 5.59. The van der Waals surface area contributed by atoms with Gasteiger partial charge in [0.25, 0.3) is 0 Å². The first-order valence-corrected chi connectivity index (χ1v) is 11.3. The van der Waals surface area contributed by atoms with Crippen LogP contribution < -0.4 is 16.4 Å². The van der Waals surface area contributed by atoms with E-state index < -0.39 is 18.0 Å². The Balaban J connectivity index is 1.71. The van der Waals surface area contributed by atoms with Gasteiger partial charge in [0.05, 0.1) is 25.0 Å². The molecule has 0 aliphatic heterocycles. The van der Waals surface area contributed by atoms with Crippen LogP contribution in [-0.4, -0.2) is 51.6 Å². The van der Waals surface area contributed by atoms with Crippen LogP contribution in [0.2, 0.25) is 0 Å². The first kappa shape index (κ1) is 24.4. The van der Waals surface area contributed by atoms with Gasteiger partial charge in [-0.15, -0.1) is 0 Å². The van der Waals surface area contributed by atoms with Crippen LogP contribution in [0.1, 0.15) is 31.5 Å². The number of benzene rings is 2. The van der Waals surface area contributed by atoms with Gasteiger partial charge in [0.1, 0.15) is 6.04 Å². The molecule has 3 atom stereocenters. The summed E-state index contributed by atoms with van der Waals surface area (Å²) in [5.41, 5.74) is 7.94. The Hall–Kier alpha value is -3.23. The Morgan fingerprint density at radius 3 is 2.52 bits per heavy atom. The van der Waals surface area contributed by atoms with Crippen LogP contribution in [0, 0.1) is 5.92 Å². The van der Waals surface area contributed by atoms with Gasteiger partial charge in [0, 0.05) is 18.3 Å². The number of fused-ring (bicyclic) bond motifs is 1. The van der Waals surface area contributed by atoms with Gasteiger partial charge in [0.2, 0.25) is 11.8 Å². The first-order chi connectivity index (χ1) is 15.9. The molecule has 3 rings (SSSR count). The van der Waals surface area contributed by atoms with E-state index in [0.717, 1.165) is 16.3 Å². The predicted octanol–water partition coefficient (Wildman–Crippen LogP) is 1.68. The number of aliphatic hydroxyl groups is 1. The predicted molar refractivity (Wildman–Crippen MR) is 128 cm³/mol. The van der Waals surface area contributed by atoms with Crippen molar-refractivity contribution in [3.8, 4) is 0 Å². The van der Waals surface area contributed by atoms with Crippen LogP contribution in [0.4, 0.5) is 0 Å². The lowest BCUT2D eigenvalue weighted by Crippen LogP contribution is -2.55. The number of carbonyl (C=O) groups excluding carboxylic acids is 2. The van der Waals surface area contributed by atoms with Gasteiger partial charge < -0.3 is 26.5 Å². The lowest BCUT2D eigenvalue weighted by molar-refractivity contribution is -0.130. The summed E-state index contributed by atoms with van der Waals surface area (Å²) in [6, 6.07) is 11.8. The number of amides is 2. The van der Waals surface area contributed by atoms with E-state index in [-0.39, 0.29) is 25.0 Å². The summed E-state index contributed by atoms with van der Waals surface area (Å²) in [4.78, 5) is 32.9. The smallest absolute Gasteiger partial charge is 0.243 e. The molecule has 33 heavy (non-hydrogen) atoms. The highest BCUT2D eigenvalue weighted by Gasteiger charge is 2.26. The molecule has 0 saturated carbocycles. The molecule has 0 saturated heterocycles. The highest BCUT2D eigenvalue weighted by molar-refractivity contribution is 5.91. The van der Waals surface area contributed by atoms with E-state index in [4.69, 9.17) is 5.73 Å². The molecule has 0 radical (unpaired) electrons. The summed E-state index contributed by atoms with van der Waals surface area (Å²) in [5, 5.41) is 17.4. The number of aliphatic hydroxyl groups excluding tert-OH is 1. The number of nitrogens with zero attached hydrogens (tertiary/aromatic N) is 1. The van der Waals surface area contributed by atoms with E-state index in [1.807, 2.05) is 56.3 Å². The van der Waals surface area contributed by atoms with Gasteiger partial charge in [-0.05, 0) is 35.1 Å². The van der Waals surface area contributed by atoms with Crippen molar-refractivity contribution in [2.24, 2.45) is 11.7 Å². The minimum atomic E-state index is -0.849. The van der Waals surface area contributed by atoms with E-state index in [9.17, 15) is 14.7 Å². The minimum absolute atomic E-state index is 0.171. The highest BCUT2D eigenvalue weighted by atomic mass is 16.3. The van der Waals surface area contributed by atoms with Crippen molar-refractivity contribution in [3.63, 3.8) is 0 Å². The third-order valence-electron chi connectivity index (χ3n) is 5.59. The summed E-state index contributed by atoms with van der Waals surface area (Å²) in [5.74, 6) is -0.473. The lowest BCUT2D eigenvalue weighted by atomic mass is 9.98. The minimum Gasteiger partial charge on any atom is -0.394 e. The van der Waals surface area contributed by atoms with Crippen LogP contribution in [-0.2, 0) is 22.4 Å². The van der Waals surface area contributed by atoms with Crippen molar-refractivity contribution < 1.29 is 14.7 Å². The maximum Gasteiger partial charge on any atom is 0.243 e. The molecule has 1 heterocycles. The van der Waals surface area contributed by atoms with E-state index >= 15 is 0 Å². The largest absolute Gasteiger partial charge is 0.394 e. The Morgan fingerprint density at radius 1 is 1.06 bits per heavy atom. The third kappa shape index (κ3) is 6.87. The first-order valence-electron chi connectivity index (χ1n) is 11.3. The van der Waals surface area contributed by atoms with Gasteiger partial charge in [-0.2, -0.15) is 0 Å². The number of nitrogens with two attached hydrogens (primary N) is 1.